The molecule has 0 aliphatic carbocycles. The Hall–Kier alpha value is -1.86. The van der Waals surface area contributed by atoms with Crippen LogP contribution in [0, 0.1) is 5.41 Å². The van der Waals surface area contributed by atoms with Crippen molar-refractivity contribution in [3.05, 3.63) is 18.0 Å². The van der Waals surface area contributed by atoms with Crippen LogP contribution in [0.1, 0.15) is 39.3 Å². The molecule has 1 fully saturated rings. The predicted molar refractivity (Wildman–Crippen MR) is 76.7 cm³/mol. The second-order valence-electron chi connectivity index (χ2n) is 6.61. The van der Waals surface area contributed by atoms with Gasteiger partial charge in [0.2, 0.25) is 5.91 Å². The van der Waals surface area contributed by atoms with Gasteiger partial charge >= 0.3 is 12.2 Å². The minimum absolute atomic E-state index is 0.00393. The summed E-state index contributed by atoms with van der Waals surface area (Å²) in [5.74, 6) is -0.00393. The maximum atomic E-state index is 12.6. The van der Waals surface area contributed by atoms with Crippen molar-refractivity contribution in [1.29, 1.82) is 0 Å². The lowest BCUT2D eigenvalue weighted by atomic mass is 9.93. The molecule has 1 unspecified atom stereocenters. The smallest absolute Gasteiger partial charge is 0.433 e. The largest absolute Gasteiger partial charge is 0.458 e. The molecule has 1 aliphatic heterocycles. The molecule has 1 atom stereocenters. The number of likely N-dealkylation sites (tertiary alicyclic amines) is 1. The summed E-state index contributed by atoms with van der Waals surface area (Å²) in [4.78, 5) is 21.1. The minimum Gasteiger partial charge on any atom is -0.458 e. The topological polar surface area (TPSA) is 55.3 Å². The average Bonchev–Trinajstić information content (AvgIpc) is 2.45. The number of piperidine rings is 1. The van der Waals surface area contributed by atoms with E-state index in [0.717, 1.165) is 18.7 Å². The van der Waals surface area contributed by atoms with Crippen molar-refractivity contribution >= 4 is 5.91 Å². The molecule has 128 valence electrons. The second-order valence-corrected chi connectivity index (χ2v) is 6.61. The van der Waals surface area contributed by atoms with Gasteiger partial charge in [-0.3, -0.25) is 4.79 Å². The molecule has 0 radical (unpaired) electrons. The van der Waals surface area contributed by atoms with Crippen LogP contribution in [0.25, 0.3) is 0 Å². The van der Waals surface area contributed by atoms with Gasteiger partial charge in [-0.2, -0.15) is 18.2 Å². The van der Waals surface area contributed by atoms with Crippen molar-refractivity contribution in [2.45, 2.75) is 45.9 Å². The number of rotatable bonds is 2. The van der Waals surface area contributed by atoms with Gasteiger partial charge in [0.25, 0.3) is 0 Å². The fourth-order valence-electron chi connectivity index (χ4n) is 2.40. The van der Waals surface area contributed by atoms with Crippen molar-refractivity contribution in [2.24, 2.45) is 5.41 Å². The third-order valence-electron chi connectivity index (χ3n) is 3.50. The lowest BCUT2D eigenvalue weighted by Gasteiger charge is -2.36. The summed E-state index contributed by atoms with van der Waals surface area (Å²) in [7, 11) is 0. The summed E-state index contributed by atoms with van der Waals surface area (Å²) in [6, 6.07) is 0.485. The van der Waals surface area contributed by atoms with Gasteiger partial charge in [0.05, 0.1) is 6.54 Å². The zero-order valence-electron chi connectivity index (χ0n) is 13.4. The number of ether oxygens (including phenoxy) is 1. The average molecular weight is 331 g/mol. The van der Waals surface area contributed by atoms with Gasteiger partial charge < -0.3 is 9.64 Å². The molecule has 1 amide bonds. The molecule has 0 spiro atoms. The summed E-state index contributed by atoms with van der Waals surface area (Å²) in [5.41, 5.74) is -1.55. The third-order valence-corrected chi connectivity index (χ3v) is 3.50. The third kappa shape index (κ3) is 4.56. The van der Waals surface area contributed by atoms with Crippen molar-refractivity contribution in [2.75, 3.05) is 13.1 Å². The first-order valence-electron chi connectivity index (χ1n) is 7.43. The maximum Gasteiger partial charge on any atom is 0.433 e. The summed E-state index contributed by atoms with van der Waals surface area (Å²) in [5, 5.41) is 0. The Bertz CT molecular complexity index is 570. The number of alkyl halides is 3. The lowest BCUT2D eigenvalue weighted by molar-refractivity contribution is -0.142. The fourth-order valence-corrected chi connectivity index (χ4v) is 2.40. The molecule has 0 saturated carbocycles. The van der Waals surface area contributed by atoms with E-state index in [4.69, 9.17) is 4.74 Å². The lowest BCUT2D eigenvalue weighted by Crippen LogP contribution is -2.48. The highest BCUT2D eigenvalue weighted by atomic mass is 19.4. The molecular weight excluding hydrogens is 311 g/mol. The van der Waals surface area contributed by atoms with Gasteiger partial charge in [-0.05, 0) is 18.9 Å². The molecule has 5 nitrogen and oxygen atoms in total. The quantitative estimate of drug-likeness (QED) is 0.836. The van der Waals surface area contributed by atoms with E-state index in [0.29, 0.717) is 19.5 Å². The molecule has 2 heterocycles. The number of amides is 1. The van der Waals surface area contributed by atoms with Crippen molar-refractivity contribution in [1.82, 2.24) is 14.9 Å². The summed E-state index contributed by atoms with van der Waals surface area (Å²) < 4.78 is 43.4. The number of hydrogen-bond donors (Lipinski definition) is 0. The van der Waals surface area contributed by atoms with Gasteiger partial charge in [0.15, 0.2) is 5.69 Å². The fraction of sp³-hybridized carbons (Fsp3) is 0.667. The minimum atomic E-state index is -4.54. The number of halogens is 3. The normalized spacial score (nSPS) is 19.6. The van der Waals surface area contributed by atoms with E-state index < -0.39 is 23.4 Å². The standard InChI is InChI=1S/C15H20F3N3O2/c1-14(2,3)12(22)21-8-4-5-10(9-21)23-13-19-7-6-11(20-13)15(16,17)18/h6-7,10H,4-5,8-9H2,1-3H3. The van der Waals surface area contributed by atoms with Crippen LogP contribution in [-0.4, -0.2) is 40.0 Å². The van der Waals surface area contributed by atoms with E-state index in [1.54, 1.807) is 4.90 Å². The van der Waals surface area contributed by atoms with Crippen molar-refractivity contribution < 1.29 is 22.7 Å². The van der Waals surface area contributed by atoms with Crippen LogP contribution in [0.5, 0.6) is 6.01 Å². The van der Waals surface area contributed by atoms with E-state index in [2.05, 4.69) is 9.97 Å². The van der Waals surface area contributed by atoms with E-state index >= 15 is 0 Å². The molecule has 1 aromatic rings. The first kappa shape index (κ1) is 17.5. The molecule has 1 aromatic heterocycles. The monoisotopic (exact) mass is 331 g/mol. The van der Waals surface area contributed by atoms with Crippen LogP contribution in [0.4, 0.5) is 13.2 Å². The zero-order valence-corrected chi connectivity index (χ0v) is 13.4. The SMILES string of the molecule is CC(C)(C)C(=O)N1CCCC(Oc2nccc(C(F)(F)F)n2)C1. The molecule has 1 saturated heterocycles. The second kappa shape index (κ2) is 6.33. The summed E-state index contributed by atoms with van der Waals surface area (Å²) in [6.45, 7) is 6.44. The zero-order chi connectivity index (χ0) is 17.3. The molecule has 0 N–H and O–H groups in total. The Morgan fingerprint density at radius 1 is 1.35 bits per heavy atom. The van der Waals surface area contributed by atoms with Crippen LogP contribution in [0.3, 0.4) is 0 Å². The maximum absolute atomic E-state index is 12.6. The van der Waals surface area contributed by atoms with Gasteiger partial charge in [-0.1, -0.05) is 20.8 Å². The number of carbonyl (C=O) groups excluding carboxylic acids is 1. The van der Waals surface area contributed by atoms with Crippen LogP contribution in [0.2, 0.25) is 0 Å². The van der Waals surface area contributed by atoms with E-state index in [-0.39, 0.29) is 11.9 Å². The molecule has 8 heteroatoms. The highest BCUT2D eigenvalue weighted by Crippen LogP contribution is 2.28. The molecule has 23 heavy (non-hydrogen) atoms. The van der Waals surface area contributed by atoms with Gasteiger partial charge in [0, 0.05) is 18.2 Å². The Morgan fingerprint density at radius 3 is 2.65 bits per heavy atom. The van der Waals surface area contributed by atoms with Crippen LogP contribution in [0.15, 0.2) is 12.3 Å². The number of nitrogens with zero attached hydrogens (tertiary/aromatic N) is 3. The summed E-state index contributed by atoms with van der Waals surface area (Å²) >= 11 is 0. The first-order chi connectivity index (χ1) is 10.6. The van der Waals surface area contributed by atoms with Crippen molar-refractivity contribution in [3.8, 4) is 6.01 Å². The number of aromatic nitrogens is 2. The first-order valence-corrected chi connectivity index (χ1v) is 7.43. The Balaban J connectivity index is 2.05. The van der Waals surface area contributed by atoms with Gasteiger partial charge in [-0.25, -0.2) is 4.98 Å². The Labute approximate surface area is 132 Å². The molecular formula is C15H20F3N3O2. The molecule has 2 rings (SSSR count). The van der Waals surface area contributed by atoms with Crippen LogP contribution >= 0.6 is 0 Å². The highest BCUT2D eigenvalue weighted by Gasteiger charge is 2.34. The van der Waals surface area contributed by atoms with E-state index in [9.17, 15) is 18.0 Å². The summed E-state index contributed by atoms with van der Waals surface area (Å²) in [6.07, 6.45) is -2.55. The van der Waals surface area contributed by atoms with E-state index in [1.165, 1.54) is 0 Å². The van der Waals surface area contributed by atoms with E-state index in [1.807, 2.05) is 20.8 Å². The highest BCUT2D eigenvalue weighted by molar-refractivity contribution is 5.81. The molecule has 0 aromatic carbocycles. The molecule has 0 bridgehead atoms. The number of carbonyl (C=O) groups is 1. The van der Waals surface area contributed by atoms with Crippen LogP contribution < -0.4 is 4.74 Å². The predicted octanol–water partition coefficient (Wildman–Crippen LogP) is 2.91. The Kier molecular flexibility index (Phi) is 4.81. The van der Waals surface area contributed by atoms with Crippen LogP contribution in [-0.2, 0) is 11.0 Å². The Morgan fingerprint density at radius 2 is 2.04 bits per heavy atom. The van der Waals surface area contributed by atoms with Crippen molar-refractivity contribution in [3.63, 3.8) is 0 Å². The number of hydrogen-bond acceptors (Lipinski definition) is 4. The van der Waals surface area contributed by atoms with Gasteiger partial charge in [-0.15, -0.1) is 0 Å². The van der Waals surface area contributed by atoms with Gasteiger partial charge in [0.1, 0.15) is 6.10 Å². The molecule has 1 aliphatic rings.